The van der Waals surface area contributed by atoms with Crippen LogP contribution in [0.25, 0.3) is 10.9 Å². The van der Waals surface area contributed by atoms with E-state index in [2.05, 4.69) is 36.3 Å². The fraction of sp³-hybridized carbons (Fsp3) is 0.290. The molecule has 1 heterocycles. The van der Waals surface area contributed by atoms with E-state index in [1.807, 2.05) is 72.8 Å². The van der Waals surface area contributed by atoms with E-state index in [4.69, 9.17) is 14.9 Å². The number of pyridine rings is 1. The van der Waals surface area contributed by atoms with E-state index in [1.54, 1.807) is 7.11 Å². The third kappa shape index (κ3) is 5.98. The third-order valence-corrected chi connectivity index (χ3v) is 6.84. The van der Waals surface area contributed by atoms with Crippen molar-refractivity contribution in [2.24, 2.45) is 5.16 Å². The maximum absolute atomic E-state index is 12.7. The maximum atomic E-state index is 12.7. The number of benzene rings is 3. The first-order valence-corrected chi connectivity index (χ1v) is 12.6. The highest BCUT2D eigenvalue weighted by Gasteiger charge is 2.42. The molecule has 192 valence electrons. The number of methoxy groups -OCH3 is 1. The number of ether oxygens (including phenoxy) is 1. The van der Waals surface area contributed by atoms with Crippen molar-refractivity contribution >= 4 is 17.1 Å². The number of hydrogen-bond donors (Lipinski definition) is 2. The smallest absolute Gasteiger partial charge is 0.217 e. The van der Waals surface area contributed by atoms with Crippen molar-refractivity contribution in [1.29, 1.82) is 0 Å². The summed E-state index contributed by atoms with van der Waals surface area (Å²) in [4.78, 5) is 6.99. The van der Waals surface area contributed by atoms with E-state index in [9.17, 15) is 5.11 Å². The van der Waals surface area contributed by atoms with Crippen LogP contribution in [0.2, 0.25) is 0 Å². The predicted molar refractivity (Wildman–Crippen MR) is 149 cm³/mol. The fourth-order valence-electron chi connectivity index (χ4n) is 5.07. The summed E-state index contributed by atoms with van der Waals surface area (Å²) in [6.07, 6.45) is 3.79. The number of hydrogen-bond acceptors (Lipinski definition) is 6. The van der Waals surface area contributed by atoms with Crippen LogP contribution in [-0.4, -0.2) is 54.2 Å². The molecule has 2 N–H and O–H groups in total. The van der Waals surface area contributed by atoms with Gasteiger partial charge < -0.3 is 20.0 Å². The van der Waals surface area contributed by atoms with Crippen LogP contribution in [0.5, 0.6) is 5.88 Å². The van der Waals surface area contributed by atoms with Crippen molar-refractivity contribution in [3.05, 3.63) is 107 Å². The number of aliphatic hydroxyl groups is 1. The minimum Gasteiger partial charge on any atom is -0.481 e. The van der Waals surface area contributed by atoms with Crippen molar-refractivity contribution in [2.45, 2.75) is 30.8 Å². The van der Waals surface area contributed by atoms with Crippen LogP contribution in [0.4, 0.5) is 0 Å². The molecular weight excluding hydrogens is 462 g/mol. The molecule has 2 atom stereocenters. The zero-order valence-electron chi connectivity index (χ0n) is 21.7. The lowest BCUT2D eigenvalue weighted by Gasteiger charge is -2.38. The van der Waals surface area contributed by atoms with Crippen LogP contribution < -0.4 is 4.74 Å². The summed E-state index contributed by atoms with van der Waals surface area (Å²) in [6, 6.07) is 27.7. The summed E-state index contributed by atoms with van der Waals surface area (Å²) in [5.74, 6) is 0.0463. The van der Waals surface area contributed by atoms with Crippen LogP contribution >= 0.6 is 0 Å². The van der Waals surface area contributed by atoms with Crippen molar-refractivity contribution < 1.29 is 15.1 Å². The molecule has 0 saturated carbocycles. The highest BCUT2D eigenvalue weighted by molar-refractivity contribution is 5.89. The van der Waals surface area contributed by atoms with E-state index in [1.165, 1.54) is 6.21 Å². The van der Waals surface area contributed by atoms with Gasteiger partial charge in [-0.25, -0.2) is 4.98 Å². The molecule has 0 spiro atoms. The molecule has 1 aromatic heterocycles. The zero-order valence-corrected chi connectivity index (χ0v) is 21.7. The first-order valence-electron chi connectivity index (χ1n) is 12.6. The molecule has 3 aromatic carbocycles. The Morgan fingerprint density at radius 1 is 0.973 bits per heavy atom. The van der Waals surface area contributed by atoms with Gasteiger partial charge in [0, 0.05) is 16.9 Å². The van der Waals surface area contributed by atoms with Crippen LogP contribution in [0.15, 0.2) is 90.1 Å². The van der Waals surface area contributed by atoms with Gasteiger partial charge >= 0.3 is 0 Å². The minimum absolute atomic E-state index is 0.433. The summed E-state index contributed by atoms with van der Waals surface area (Å²) in [6.45, 7) is 0.955. The lowest BCUT2D eigenvalue weighted by Crippen LogP contribution is -2.35. The number of unbranched alkanes of at least 4 members (excludes halogenated alkanes) is 1. The quantitative estimate of drug-likeness (QED) is 0.118. The summed E-state index contributed by atoms with van der Waals surface area (Å²) < 4.78 is 5.83. The molecule has 37 heavy (non-hydrogen) atoms. The van der Waals surface area contributed by atoms with Crippen LogP contribution in [0.1, 0.15) is 47.4 Å². The van der Waals surface area contributed by atoms with Gasteiger partial charge in [0.15, 0.2) is 0 Å². The standard InChI is InChI=1S/C31H35N3O3/c1-34(2)19-11-10-18-31(35,26-14-8-5-9-15-26)29(24-12-6-4-7-13-24)27-21-25-20-23(22-32-36)16-17-28(25)33-30(27)37-3/h4-9,12-17,20-22,29,35-36H,10-11,18-19H2,1-3H3/t29-,31+/m1/s1. The number of fused-ring (bicyclic) bond motifs is 1. The molecule has 0 unspecified atom stereocenters. The Labute approximate surface area is 218 Å². The zero-order chi connectivity index (χ0) is 26.3. The number of rotatable bonds is 11. The summed E-state index contributed by atoms with van der Waals surface area (Å²) >= 11 is 0. The van der Waals surface area contributed by atoms with Crippen LogP contribution in [-0.2, 0) is 5.60 Å². The SMILES string of the molecule is COc1nc2ccc(C=NO)cc2cc1[C@@H](c1ccccc1)[C@](O)(CCCCN(C)C)c1ccccc1. The van der Waals surface area contributed by atoms with Gasteiger partial charge in [-0.3, -0.25) is 0 Å². The van der Waals surface area contributed by atoms with Crippen molar-refractivity contribution in [3.63, 3.8) is 0 Å². The van der Waals surface area contributed by atoms with Gasteiger partial charge in [-0.1, -0.05) is 71.9 Å². The lowest BCUT2D eigenvalue weighted by molar-refractivity contribution is 0.00678. The van der Waals surface area contributed by atoms with Crippen molar-refractivity contribution in [3.8, 4) is 5.88 Å². The highest BCUT2D eigenvalue weighted by atomic mass is 16.5. The molecule has 0 aliphatic heterocycles. The fourth-order valence-corrected chi connectivity index (χ4v) is 5.07. The second-order valence-corrected chi connectivity index (χ2v) is 9.68. The predicted octanol–water partition coefficient (Wildman–Crippen LogP) is 5.80. The first-order chi connectivity index (χ1) is 18.0. The lowest BCUT2D eigenvalue weighted by atomic mass is 9.71. The molecule has 0 radical (unpaired) electrons. The van der Waals surface area contributed by atoms with E-state index in [-0.39, 0.29) is 0 Å². The average molecular weight is 498 g/mol. The van der Waals surface area contributed by atoms with E-state index in [0.29, 0.717) is 12.3 Å². The minimum atomic E-state index is -1.21. The van der Waals surface area contributed by atoms with Gasteiger partial charge in [-0.05, 0) is 74.8 Å². The Balaban J connectivity index is 1.93. The Bertz CT molecular complexity index is 1330. The molecule has 0 amide bonds. The van der Waals surface area contributed by atoms with Gasteiger partial charge in [-0.15, -0.1) is 0 Å². The Morgan fingerprint density at radius 3 is 2.32 bits per heavy atom. The van der Waals surface area contributed by atoms with Crippen molar-refractivity contribution in [1.82, 2.24) is 9.88 Å². The summed E-state index contributed by atoms with van der Waals surface area (Å²) in [5, 5.41) is 25.8. The Kier molecular flexibility index (Phi) is 8.54. The van der Waals surface area contributed by atoms with Gasteiger partial charge in [-0.2, -0.15) is 0 Å². The molecule has 0 bridgehead atoms. The molecule has 6 heteroatoms. The maximum Gasteiger partial charge on any atom is 0.217 e. The average Bonchev–Trinajstić information content (AvgIpc) is 2.92. The molecule has 0 fully saturated rings. The van der Waals surface area contributed by atoms with Crippen LogP contribution in [0, 0.1) is 0 Å². The van der Waals surface area contributed by atoms with Crippen molar-refractivity contribution in [2.75, 3.05) is 27.7 Å². The number of nitrogens with zero attached hydrogens (tertiary/aromatic N) is 3. The number of aromatic nitrogens is 1. The largest absolute Gasteiger partial charge is 0.481 e. The first kappa shape index (κ1) is 26.3. The van der Waals surface area contributed by atoms with Gasteiger partial charge in [0.2, 0.25) is 5.88 Å². The summed E-state index contributed by atoms with van der Waals surface area (Å²) in [5.41, 5.74) is 2.95. The second-order valence-electron chi connectivity index (χ2n) is 9.68. The Morgan fingerprint density at radius 2 is 1.68 bits per heavy atom. The molecule has 6 nitrogen and oxygen atoms in total. The third-order valence-electron chi connectivity index (χ3n) is 6.84. The molecule has 0 aliphatic rings. The molecule has 4 rings (SSSR count). The molecule has 4 aromatic rings. The highest BCUT2D eigenvalue weighted by Crippen LogP contribution is 2.48. The van der Waals surface area contributed by atoms with E-state index >= 15 is 0 Å². The van der Waals surface area contributed by atoms with Gasteiger partial charge in [0.05, 0.1) is 18.8 Å². The van der Waals surface area contributed by atoms with Gasteiger partial charge in [0.1, 0.15) is 5.60 Å². The van der Waals surface area contributed by atoms with Crippen LogP contribution in [0.3, 0.4) is 0 Å². The monoisotopic (exact) mass is 497 g/mol. The second kappa shape index (κ2) is 12.0. The van der Waals surface area contributed by atoms with E-state index in [0.717, 1.165) is 52.5 Å². The summed E-state index contributed by atoms with van der Waals surface area (Å²) in [7, 11) is 5.75. The Hall–Kier alpha value is -3.74. The molecule has 0 aliphatic carbocycles. The van der Waals surface area contributed by atoms with E-state index < -0.39 is 11.5 Å². The number of oxime groups is 1. The normalized spacial score (nSPS) is 14.2. The molecular formula is C31H35N3O3. The van der Waals surface area contributed by atoms with Gasteiger partial charge in [0.25, 0.3) is 0 Å². The molecule has 0 saturated heterocycles. The topological polar surface area (TPSA) is 78.2 Å².